The van der Waals surface area contributed by atoms with Crippen LogP contribution in [0.1, 0.15) is 5.56 Å². The fourth-order valence-corrected chi connectivity index (χ4v) is 3.42. The number of primary sulfonamides is 1. The topological polar surface area (TPSA) is 77.2 Å². The predicted octanol–water partition coefficient (Wildman–Crippen LogP) is 1.84. The molecule has 1 rings (SSSR count). The maximum Gasteiger partial charge on any atom is 0.416 e. The Hall–Kier alpha value is -0.550. The Labute approximate surface area is 99.3 Å². The van der Waals surface area contributed by atoms with Gasteiger partial charge in [-0.2, -0.15) is 13.2 Å². The first-order chi connectivity index (χ1) is 7.16. The minimum absolute atomic E-state index is 0.172. The van der Waals surface area contributed by atoms with Crippen LogP contribution in [0.3, 0.4) is 0 Å². The molecule has 4 nitrogen and oxygen atoms in total. The van der Waals surface area contributed by atoms with E-state index in [0.29, 0.717) is 12.1 Å². The molecule has 0 unspecified atom stereocenters. The van der Waals surface area contributed by atoms with Crippen molar-refractivity contribution in [1.29, 1.82) is 0 Å². The highest BCUT2D eigenvalue weighted by Gasteiger charge is 2.32. The van der Waals surface area contributed by atoms with Gasteiger partial charge >= 0.3 is 6.18 Å². The first-order valence-corrected chi connectivity index (χ1v) is 7.18. The van der Waals surface area contributed by atoms with Crippen molar-refractivity contribution in [2.45, 2.75) is 11.1 Å². The summed E-state index contributed by atoms with van der Waals surface area (Å²) in [7, 11) is -4.30. The van der Waals surface area contributed by atoms with Crippen LogP contribution in [0.15, 0.2) is 23.1 Å². The van der Waals surface area contributed by atoms with Gasteiger partial charge in [0.2, 0.25) is 10.0 Å². The van der Waals surface area contributed by atoms with Gasteiger partial charge in [-0.25, -0.2) is 13.6 Å². The fraction of sp³-hybridized carbons (Fsp3) is 0.143. The summed E-state index contributed by atoms with van der Waals surface area (Å²) in [5.41, 5.74) is -1.14. The lowest BCUT2D eigenvalue weighted by Crippen LogP contribution is -2.15. The Morgan fingerprint density at radius 3 is 2.19 bits per heavy atom. The predicted molar refractivity (Wildman–Crippen MR) is 56.2 cm³/mol. The summed E-state index contributed by atoms with van der Waals surface area (Å²) in [6.45, 7) is 0. The third kappa shape index (κ3) is 2.98. The number of rotatable bonds is 2. The monoisotopic (exact) mass is 367 g/mol. The van der Waals surface area contributed by atoms with Gasteiger partial charge in [-0.1, -0.05) is 0 Å². The molecule has 0 heterocycles. The molecule has 2 N–H and O–H groups in total. The van der Waals surface area contributed by atoms with E-state index in [4.69, 9.17) is 5.14 Å². The zero-order valence-electron chi connectivity index (χ0n) is 7.45. The zero-order chi connectivity index (χ0) is 12.6. The molecule has 1 aromatic rings. The lowest BCUT2D eigenvalue weighted by molar-refractivity contribution is -0.137. The van der Waals surface area contributed by atoms with E-state index in [1.165, 1.54) is 0 Å². The third-order valence-corrected chi connectivity index (χ3v) is 4.38. The molecule has 0 aliphatic rings. The van der Waals surface area contributed by atoms with Gasteiger partial charge in [-0.15, -0.1) is 0 Å². The Morgan fingerprint density at radius 1 is 1.25 bits per heavy atom. The van der Waals surface area contributed by atoms with Crippen LogP contribution in [-0.4, -0.2) is 8.42 Å². The molecule has 1 aromatic carbocycles. The van der Waals surface area contributed by atoms with Gasteiger partial charge in [0.25, 0.3) is 0 Å². The highest BCUT2D eigenvalue weighted by molar-refractivity contribution is 14.1. The second-order valence-corrected chi connectivity index (χ2v) is 5.90. The molecule has 0 spiro atoms. The molecular weight excluding hydrogens is 362 g/mol. The summed E-state index contributed by atoms with van der Waals surface area (Å²) >= 11 is -1.90. The van der Waals surface area contributed by atoms with Gasteiger partial charge in [0.05, 0.1) is 14.0 Å². The molecule has 0 fully saturated rings. The summed E-state index contributed by atoms with van der Waals surface area (Å²) < 4.78 is 69.3. The first-order valence-electron chi connectivity index (χ1n) is 3.67. The molecule has 0 saturated heterocycles. The lowest BCUT2D eigenvalue weighted by Gasteiger charge is -2.08. The highest BCUT2D eigenvalue weighted by Crippen LogP contribution is 2.32. The van der Waals surface area contributed by atoms with Crippen molar-refractivity contribution < 1.29 is 24.7 Å². The summed E-state index contributed by atoms with van der Waals surface area (Å²) in [6.07, 6.45) is -4.67. The summed E-state index contributed by atoms with van der Waals surface area (Å²) in [5, 5.41) is 4.73. The summed E-state index contributed by atoms with van der Waals surface area (Å²) in [4.78, 5) is -0.731. The van der Waals surface area contributed by atoms with Crippen molar-refractivity contribution >= 4 is 31.2 Å². The first kappa shape index (κ1) is 13.5. The Kier molecular flexibility index (Phi) is 3.69. The van der Waals surface area contributed by atoms with Crippen LogP contribution in [0.2, 0.25) is 0 Å². The molecule has 0 amide bonds. The maximum atomic E-state index is 12.3. The molecule has 9 heteroatoms. The summed E-state index contributed by atoms with van der Waals surface area (Å²) in [5.74, 6) is 0. The van der Waals surface area contributed by atoms with Gasteiger partial charge in [-0.3, -0.25) is 3.07 Å². The van der Waals surface area contributed by atoms with E-state index in [1.807, 2.05) is 0 Å². The van der Waals surface area contributed by atoms with Crippen LogP contribution < -0.4 is 5.14 Å². The van der Waals surface area contributed by atoms with E-state index in [9.17, 15) is 24.7 Å². The molecule has 0 radical (unpaired) electrons. The molecular formula is C7H5F3INO3S. The largest absolute Gasteiger partial charge is 0.416 e. The van der Waals surface area contributed by atoms with E-state index in [0.717, 1.165) is 6.07 Å². The highest BCUT2D eigenvalue weighted by atomic mass is 127. The van der Waals surface area contributed by atoms with Crippen LogP contribution in [0.5, 0.6) is 0 Å². The third-order valence-electron chi connectivity index (χ3n) is 1.65. The molecule has 0 aromatic heterocycles. The number of hydrogen-bond acceptors (Lipinski definition) is 3. The molecule has 0 aliphatic heterocycles. The van der Waals surface area contributed by atoms with Crippen LogP contribution >= 0.6 is 21.2 Å². The smallest absolute Gasteiger partial charge is 0.265 e. The lowest BCUT2D eigenvalue weighted by atomic mass is 10.2. The van der Waals surface area contributed by atoms with E-state index < -0.39 is 47.9 Å². The second-order valence-electron chi connectivity index (χ2n) is 2.77. The van der Waals surface area contributed by atoms with Crippen molar-refractivity contribution in [1.82, 2.24) is 0 Å². The van der Waals surface area contributed by atoms with E-state index in [-0.39, 0.29) is 3.57 Å². The average Bonchev–Trinajstić information content (AvgIpc) is 2.14. The van der Waals surface area contributed by atoms with Crippen molar-refractivity contribution in [3.8, 4) is 0 Å². The standard InChI is InChI=1S/C7H5F3INO3S/c8-7(9,10)4-1-2-5(11-13)6(3-4)16(12,14)15/h1-3H,(H2,12,14,15). The van der Waals surface area contributed by atoms with Gasteiger partial charge in [-0.05, 0) is 18.2 Å². The number of benzene rings is 1. The molecule has 0 bridgehead atoms. The second kappa shape index (κ2) is 4.37. The molecule has 0 saturated carbocycles. The van der Waals surface area contributed by atoms with Crippen LogP contribution in [0, 0.1) is 3.57 Å². The van der Waals surface area contributed by atoms with E-state index in [1.54, 1.807) is 0 Å². The van der Waals surface area contributed by atoms with Crippen molar-refractivity contribution in [3.05, 3.63) is 27.3 Å². The number of hydrogen-bond donors (Lipinski definition) is 1. The number of sulfonamides is 1. The minimum Gasteiger partial charge on any atom is -0.265 e. The minimum atomic E-state index is -4.67. The van der Waals surface area contributed by atoms with Crippen LogP contribution in [0.25, 0.3) is 0 Å². The SMILES string of the molecule is NS(=O)(=O)c1cc(C(F)(F)F)ccc1I=O. The molecule has 0 atom stereocenters. The van der Waals surface area contributed by atoms with E-state index in [2.05, 4.69) is 0 Å². The fourth-order valence-electron chi connectivity index (χ4n) is 0.961. The average molecular weight is 367 g/mol. The molecule has 0 aliphatic carbocycles. The Balaban J connectivity index is 3.52. The summed E-state index contributed by atoms with van der Waals surface area (Å²) in [6, 6.07) is 1.92. The number of alkyl halides is 3. The van der Waals surface area contributed by atoms with Gasteiger partial charge in [0.1, 0.15) is 0 Å². The van der Waals surface area contributed by atoms with Gasteiger partial charge < -0.3 is 0 Å². The van der Waals surface area contributed by atoms with Crippen molar-refractivity contribution in [3.63, 3.8) is 0 Å². The van der Waals surface area contributed by atoms with Crippen LogP contribution in [0.4, 0.5) is 13.2 Å². The Bertz CT molecular complexity index is 526. The van der Waals surface area contributed by atoms with Gasteiger partial charge in [0, 0.05) is 0 Å². The normalized spacial score (nSPS) is 12.8. The van der Waals surface area contributed by atoms with Gasteiger partial charge in [0.15, 0.2) is 21.2 Å². The van der Waals surface area contributed by atoms with Crippen molar-refractivity contribution in [2.24, 2.45) is 5.14 Å². The van der Waals surface area contributed by atoms with E-state index >= 15 is 0 Å². The zero-order valence-corrected chi connectivity index (χ0v) is 10.4. The molecule has 16 heavy (non-hydrogen) atoms. The number of halogens is 4. The maximum absolute atomic E-state index is 12.3. The Morgan fingerprint density at radius 2 is 1.81 bits per heavy atom. The quantitative estimate of drug-likeness (QED) is 0.811. The number of nitrogens with two attached hydrogens (primary N) is 1. The molecule has 90 valence electrons. The van der Waals surface area contributed by atoms with Crippen LogP contribution in [-0.2, 0) is 19.3 Å². The van der Waals surface area contributed by atoms with Crippen molar-refractivity contribution in [2.75, 3.05) is 0 Å².